The average molecular weight is 282 g/mol. The van der Waals surface area contributed by atoms with Crippen LogP contribution in [0, 0.1) is 5.41 Å². The first-order chi connectivity index (χ1) is 9.42. The number of hydrogen-bond donors (Lipinski definition) is 1. The molecular weight excluding hydrogens is 256 g/mol. The summed E-state index contributed by atoms with van der Waals surface area (Å²) in [7, 11) is 0. The summed E-state index contributed by atoms with van der Waals surface area (Å²) in [5, 5.41) is 8.85. The average Bonchev–Trinajstić information content (AvgIpc) is 2.85. The van der Waals surface area contributed by atoms with E-state index in [0.29, 0.717) is 0 Å². The second-order valence-corrected chi connectivity index (χ2v) is 6.67. The molecule has 20 heavy (non-hydrogen) atoms. The highest BCUT2D eigenvalue weighted by Gasteiger charge is 2.41. The Morgan fingerprint density at radius 3 is 2.65 bits per heavy atom. The van der Waals surface area contributed by atoms with Crippen LogP contribution in [0.15, 0.2) is 12.2 Å². The van der Waals surface area contributed by atoms with Gasteiger partial charge in [0.25, 0.3) is 0 Å². The minimum absolute atomic E-state index is 0.0189. The summed E-state index contributed by atoms with van der Waals surface area (Å²) in [6.45, 7) is 8.17. The number of aliphatic hydroxyl groups is 1. The molecule has 4 heteroatoms. The van der Waals surface area contributed by atoms with E-state index >= 15 is 0 Å². The van der Waals surface area contributed by atoms with Crippen LogP contribution in [0.1, 0.15) is 52.4 Å². The van der Waals surface area contributed by atoms with Crippen molar-refractivity contribution in [2.75, 3.05) is 6.61 Å². The first-order valence-electron chi connectivity index (χ1n) is 7.57. The third-order valence-electron chi connectivity index (χ3n) is 4.30. The number of carbonyl (C=O) groups excluding carboxylic acids is 1. The highest BCUT2D eigenvalue weighted by Crippen LogP contribution is 2.36. The monoisotopic (exact) mass is 282 g/mol. The van der Waals surface area contributed by atoms with Crippen molar-refractivity contribution in [3.05, 3.63) is 12.2 Å². The third kappa shape index (κ3) is 3.61. The lowest BCUT2D eigenvalue weighted by Crippen LogP contribution is -2.16. The van der Waals surface area contributed by atoms with E-state index in [0.717, 1.165) is 44.1 Å². The molecule has 0 aromatic heterocycles. The first-order valence-corrected chi connectivity index (χ1v) is 7.57. The van der Waals surface area contributed by atoms with Crippen molar-refractivity contribution in [2.24, 2.45) is 5.41 Å². The molecule has 2 heterocycles. The molecule has 2 aliphatic rings. The van der Waals surface area contributed by atoms with Gasteiger partial charge in [-0.15, -0.1) is 0 Å². The van der Waals surface area contributed by atoms with Gasteiger partial charge < -0.3 is 14.6 Å². The van der Waals surface area contributed by atoms with Crippen molar-refractivity contribution in [3.63, 3.8) is 0 Å². The smallest absolute Gasteiger partial charge is 0.311 e. The van der Waals surface area contributed by atoms with Gasteiger partial charge in [-0.2, -0.15) is 0 Å². The summed E-state index contributed by atoms with van der Waals surface area (Å²) in [5.41, 5.74) is 0.790. The maximum absolute atomic E-state index is 11.6. The molecule has 0 bridgehead atoms. The zero-order valence-electron chi connectivity index (χ0n) is 12.6. The number of ether oxygens (including phenoxy) is 2. The first kappa shape index (κ1) is 15.5. The summed E-state index contributed by atoms with van der Waals surface area (Å²) in [5.74, 6) is -0.0884. The molecule has 3 unspecified atom stereocenters. The van der Waals surface area contributed by atoms with Crippen LogP contribution in [-0.4, -0.2) is 36.0 Å². The Morgan fingerprint density at radius 1 is 1.30 bits per heavy atom. The largest absolute Gasteiger partial charge is 0.462 e. The molecule has 0 saturated carbocycles. The lowest BCUT2D eigenvalue weighted by Gasteiger charge is -2.16. The standard InChI is InChI=1S/C16H26O4/c1-11-9-12(5-4-8-17)19-14(11)7-6-13-10-16(2,3)15(18)20-13/h12-14,17H,1,4-10H2,2-3H3. The second-order valence-electron chi connectivity index (χ2n) is 6.67. The van der Waals surface area contributed by atoms with Crippen LogP contribution in [0.25, 0.3) is 0 Å². The Labute approximate surface area is 121 Å². The topological polar surface area (TPSA) is 55.8 Å². The summed E-state index contributed by atoms with van der Waals surface area (Å²) in [4.78, 5) is 11.6. The Bertz CT molecular complexity index is 375. The number of carbonyl (C=O) groups is 1. The van der Waals surface area contributed by atoms with Crippen molar-refractivity contribution in [3.8, 4) is 0 Å². The van der Waals surface area contributed by atoms with E-state index in [1.165, 1.54) is 0 Å². The molecule has 3 atom stereocenters. The molecule has 0 radical (unpaired) electrons. The van der Waals surface area contributed by atoms with E-state index in [1.807, 2.05) is 13.8 Å². The van der Waals surface area contributed by atoms with E-state index in [4.69, 9.17) is 14.6 Å². The number of aliphatic hydroxyl groups excluding tert-OH is 1. The van der Waals surface area contributed by atoms with Crippen LogP contribution in [0.4, 0.5) is 0 Å². The van der Waals surface area contributed by atoms with E-state index < -0.39 is 0 Å². The molecule has 2 fully saturated rings. The molecule has 0 aromatic carbocycles. The van der Waals surface area contributed by atoms with E-state index in [9.17, 15) is 4.79 Å². The summed E-state index contributed by atoms with van der Waals surface area (Å²) in [6.07, 6.45) is 5.35. The van der Waals surface area contributed by atoms with Gasteiger partial charge in [0.2, 0.25) is 0 Å². The summed E-state index contributed by atoms with van der Waals surface area (Å²) in [6, 6.07) is 0. The van der Waals surface area contributed by atoms with E-state index in [2.05, 4.69) is 6.58 Å². The SMILES string of the molecule is C=C1CC(CCCO)OC1CCC1CC(C)(C)C(=O)O1. The predicted molar refractivity (Wildman–Crippen MR) is 76.2 cm³/mol. The van der Waals surface area contributed by atoms with Crippen molar-refractivity contribution >= 4 is 5.97 Å². The Balaban J connectivity index is 1.75. The molecule has 0 spiro atoms. The predicted octanol–water partition coefficient (Wildman–Crippen LogP) is 2.59. The molecule has 2 saturated heterocycles. The Hall–Kier alpha value is -0.870. The summed E-state index contributed by atoms with van der Waals surface area (Å²) < 4.78 is 11.4. The van der Waals surface area contributed by atoms with Crippen LogP contribution in [-0.2, 0) is 14.3 Å². The highest BCUT2D eigenvalue weighted by molar-refractivity contribution is 5.78. The van der Waals surface area contributed by atoms with Gasteiger partial charge in [0.15, 0.2) is 0 Å². The minimum Gasteiger partial charge on any atom is -0.462 e. The fourth-order valence-corrected chi connectivity index (χ4v) is 3.07. The van der Waals surface area contributed by atoms with Crippen molar-refractivity contribution < 1.29 is 19.4 Å². The fourth-order valence-electron chi connectivity index (χ4n) is 3.07. The van der Waals surface area contributed by atoms with Crippen LogP contribution in [0.3, 0.4) is 0 Å². The number of cyclic esters (lactones) is 1. The second kappa shape index (κ2) is 6.27. The molecule has 0 amide bonds. The Kier molecular flexibility index (Phi) is 4.86. The quantitative estimate of drug-likeness (QED) is 0.601. The molecule has 1 N–H and O–H groups in total. The lowest BCUT2D eigenvalue weighted by molar-refractivity contribution is -0.147. The number of rotatable bonds is 6. The highest BCUT2D eigenvalue weighted by atomic mass is 16.6. The van der Waals surface area contributed by atoms with Crippen LogP contribution in [0.2, 0.25) is 0 Å². The van der Waals surface area contributed by atoms with E-state index in [-0.39, 0.29) is 36.3 Å². The molecular formula is C16H26O4. The molecule has 0 aromatic rings. The zero-order chi connectivity index (χ0) is 14.8. The van der Waals surface area contributed by atoms with Crippen molar-refractivity contribution in [1.82, 2.24) is 0 Å². The molecule has 0 aliphatic carbocycles. The van der Waals surface area contributed by atoms with Crippen LogP contribution >= 0.6 is 0 Å². The summed E-state index contributed by atoms with van der Waals surface area (Å²) >= 11 is 0. The molecule has 2 rings (SSSR count). The fraction of sp³-hybridized carbons (Fsp3) is 0.812. The normalized spacial score (nSPS) is 32.6. The Morgan fingerprint density at radius 2 is 2.05 bits per heavy atom. The van der Waals surface area contributed by atoms with Gasteiger partial charge in [-0.05, 0) is 57.9 Å². The van der Waals surface area contributed by atoms with Gasteiger partial charge >= 0.3 is 5.97 Å². The van der Waals surface area contributed by atoms with Gasteiger partial charge in [-0.25, -0.2) is 0 Å². The molecule has 4 nitrogen and oxygen atoms in total. The van der Waals surface area contributed by atoms with E-state index in [1.54, 1.807) is 0 Å². The maximum atomic E-state index is 11.6. The van der Waals surface area contributed by atoms with Gasteiger partial charge in [-0.3, -0.25) is 4.79 Å². The minimum atomic E-state index is -0.345. The van der Waals surface area contributed by atoms with Crippen LogP contribution in [0.5, 0.6) is 0 Å². The molecule has 114 valence electrons. The van der Waals surface area contributed by atoms with Gasteiger partial charge in [0.1, 0.15) is 6.10 Å². The third-order valence-corrected chi connectivity index (χ3v) is 4.30. The van der Waals surface area contributed by atoms with Gasteiger partial charge in [0, 0.05) is 6.61 Å². The van der Waals surface area contributed by atoms with Gasteiger partial charge in [-0.1, -0.05) is 6.58 Å². The van der Waals surface area contributed by atoms with Gasteiger partial charge in [0.05, 0.1) is 17.6 Å². The van der Waals surface area contributed by atoms with Crippen molar-refractivity contribution in [2.45, 2.75) is 70.7 Å². The van der Waals surface area contributed by atoms with Crippen LogP contribution < -0.4 is 0 Å². The number of esters is 1. The lowest BCUT2D eigenvalue weighted by atomic mass is 9.88. The van der Waals surface area contributed by atoms with Crippen molar-refractivity contribution in [1.29, 1.82) is 0 Å². The maximum Gasteiger partial charge on any atom is 0.311 e. The number of hydrogen-bond acceptors (Lipinski definition) is 4. The zero-order valence-corrected chi connectivity index (χ0v) is 12.6. The molecule has 2 aliphatic heterocycles.